The molecule has 1 aliphatic carbocycles. The maximum atomic E-state index is 13.2. The molecule has 1 saturated carbocycles. The van der Waals surface area contributed by atoms with Gasteiger partial charge in [0.05, 0.1) is 6.54 Å². The molecule has 0 aliphatic heterocycles. The lowest BCUT2D eigenvalue weighted by molar-refractivity contribution is -0.135. The van der Waals surface area contributed by atoms with Crippen LogP contribution < -0.4 is 0 Å². The van der Waals surface area contributed by atoms with Gasteiger partial charge in [-0.1, -0.05) is 60.7 Å². The maximum Gasteiger partial charge on any atom is 0.226 e. The second-order valence-corrected chi connectivity index (χ2v) is 8.03. The molecule has 1 heterocycles. The summed E-state index contributed by atoms with van der Waals surface area (Å²) in [5.41, 5.74) is 3.74. The van der Waals surface area contributed by atoms with E-state index in [4.69, 9.17) is 0 Å². The molecule has 0 N–H and O–H groups in total. The molecule has 3 aromatic rings. The van der Waals surface area contributed by atoms with Gasteiger partial charge in [0.1, 0.15) is 0 Å². The highest BCUT2D eigenvalue weighted by Crippen LogP contribution is 2.48. The van der Waals surface area contributed by atoms with Crippen molar-refractivity contribution in [2.75, 3.05) is 0 Å². The largest absolute Gasteiger partial charge is 0.345 e. The van der Waals surface area contributed by atoms with E-state index in [1.807, 2.05) is 17.0 Å². The van der Waals surface area contributed by atoms with E-state index in [1.54, 1.807) is 0 Å². The quantitative estimate of drug-likeness (QED) is 0.568. The lowest BCUT2D eigenvalue weighted by Crippen LogP contribution is -2.38. The van der Waals surface area contributed by atoms with E-state index in [0.29, 0.717) is 12.5 Å². The van der Waals surface area contributed by atoms with Crippen molar-refractivity contribution in [3.8, 4) is 0 Å². The summed E-state index contributed by atoms with van der Waals surface area (Å²) in [5.74, 6) is 0.796. The maximum absolute atomic E-state index is 13.2. The van der Waals surface area contributed by atoms with Crippen LogP contribution in [0.15, 0.2) is 79.0 Å². The SMILES string of the molecule is CC(C)N(Cc1cccn1Cc1ccccc1)C(=O)[C@H]1C[C@@H]1c1ccccc1. The summed E-state index contributed by atoms with van der Waals surface area (Å²) in [4.78, 5) is 15.3. The van der Waals surface area contributed by atoms with Gasteiger partial charge in [-0.3, -0.25) is 4.79 Å². The highest BCUT2D eigenvalue weighted by atomic mass is 16.2. The highest BCUT2D eigenvalue weighted by molar-refractivity contribution is 5.83. The average molecular weight is 373 g/mol. The Bertz CT molecular complexity index is 914. The first-order valence-corrected chi connectivity index (χ1v) is 10.2. The molecular weight excluding hydrogens is 344 g/mol. The second kappa shape index (κ2) is 8.05. The van der Waals surface area contributed by atoms with E-state index in [-0.39, 0.29) is 17.9 Å². The van der Waals surface area contributed by atoms with Crippen LogP contribution in [0.2, 0.25) is 0 Å². The molecule has 1 aliphatic rings. The van der Waals surface area contributed by atoms with Crippen LogP contribution in [0.3, 0.4) is 0 Å². The fraction of sp³-hybridized carbons (Fsp3) is 0.320. The summed E-state index contributed by atoms with van der Waals surface area (Å²) in [6, 6.07) is 25.3. The zero-order valence-corrected chi connectivity index (χ0v) is 16.7. The van der Waals surface area contributed by atoms with Gasteiger partial charge in [-0.25, -0.2) is 0 Å². The van der Waals surface area contributed by atoms with Crippen molar-refractivity contribution in [2.45, 2.75) is 45.3 Å². The number of amides is 1. The lowest BCUT2D eigenvalue weighted by atomic mass is 10.1. The van der Waals surface area contributed by atoms with Crippen molar-refractivity contribution in [2.24, 2.45) is 5.92 Å². The average Bonchev–Trinajstić information content (AvgIpc) is 3.41. The Hall–Kier alpha value is -2.81. The van der Waals surface area contributed by atoms with E-state index in [9.17, 15) is 4.79 Å². The molecule has 0 saturated heterocycles. The normalized spacial score (nSPS) is 18.2. The van der Waals surface area contributed by atoms with Crippen LogP contribution in [0.1, 0.15) is 43.0 Å². The third-order valence-electron chi connectivity index (χ3n) is 5.69. The third-order valence-corrected chi connectivity index (χ3v) is 5.69. The molecule has 4 rings (SSSR count). The van der Waals surface area contributed by atoms with Gasteiger partial charge in [0.15, 0.2) is 0 Å². The van der Waals surface area contributed by atoms with E-state index >= 15 is 0 Å². The first-order valence-electron chi connectivity index (χ1n) is 10.2. The van der Waals surface area contributed by atoms with Gasteiger partial charge in [-0.15, -0.1) is 0 Å². The monoisotopic (exact) mass is 372 g/mol. The van der Waals surface area contributed by atoms with Crippen molar-refractivity contribution >= 4 is 5.91 Å². The minimum atomic E-state index is 0.127. The zero-order valence-electron chi connectivity index (χ0n) is 16.7. The molecule has 2 atom stereocenters. The van der Waals surface area contributed by atoms with Gasteiger partial charge < -0.3 is 9.47 Å². The Morgan fingerprint density at radius 3 is 2.36 bits per heavy atom. The topological polar surface area (TPSA) is 25.2 Å². The highest BCUT2D eigenvalue weighted by Gasteiger charge is 2.46. The molecule has 1 aromatic heterocycles. The number of aromatic nitrogens is 1. The van der Waals surface area contributed by atoms with Crippen molar-refractivity contribution in [1.29, 1.82) is 0 Å². The van der Waals surface area contributed by atoms with Crippen LogP contribution in [0, 0.1) is 5.92 Å². The van der Waals surface area contributed by atoms with Crippen molar-refractivity contribution in [3.05, 3.63) is 95.8 Å². The Morgan fingerprint density at radius 1 is 1.00 bits per heavy atom. The molecule has 3 nitrogen and oxygen atoms in total. The summed E-state index contributed by atoms with van der Waals surface area (Å²) in [6.45, 7) is 5.72. The molecule has 2 aromatic carbocycles. The fourth-order valence-electron chi connectivity index (χ4n) is 3.97. The number of rotatable bonds is 7. The smallest absolute Gasteiger partial charge is 0.226 e. The summed E-state index contributed by atoms with van der Waals surface area (Å²) in [7, 11) is 0. The molecule has 28 heavy (non-hydrogen) atoms. The van der Waals surface area contributed by atoms with Crippen LogP contribution in [0.5, 0.6) is 0 Å². The molecule has 3 heteroatoms. The Kier molecular flexibility index (Phi) is 5.34. The minimum Gasteiger partial charge on any atom is -0.345 e. The molecule has 0 bridgehead atoms. The molecule has 144 valence electrons. The predicted molar refractivity (Wildman–Crippen MR) is 113 cm³/mol. The van der Waals surface area contributed by atoms with Crippen molar-refractivity contribution < 1.29 is 4.79 Å². The molecule has 1 amide bonds. The van der Waals surface area contributed by atoms with Crippen molar-refractivity contribution in [3.63, 3.8) is 0 Å². The summed E-state index contributed by atoms with van der Waals surface area (Å²) >= 11 is 0. The molecule has 0 unspecified atom stereocenters. The number of hydrogen-bond acceptors (Lipinski definition) is 1. The van der Waals surface area contributed by atoms with E-state index in [2.05, 4.69) is 85.3 Å². The predicted octanol–water partition coefficient (Wildman–Crippen LogP) is 5.08. The Labute approximate surface area is 167 Å². The van der Waals surface area contributed by atoms with Crippen LogP contribution >= 0.6 is 0 Å². The van der Waals surface area contributed by atoms with Crippen molar-refractivity contribution in [1.82, 2.24) is 9.47 Å². The van der Waals surface area contributed by atoms with Gasteiger partial charge in [0, 0.05) is 30.4 Å². The number of benzene rings is 2. The molecule has 0 radical (unpaired) electrons. The number of hydrogen-bond donors (Lipinski definition) is 0. The minimum absolute atomic E-state index is 0.127. The van der Waals surface area contributed by atoms with E-state index in [1.165, 1.54) is 16.8 Å². The standard InChI is InChI=1S/C25H28N2O/c1-19(2)27(25(28)24-16-23(24)21-12-7-4-8-13-21)18-22-14-9-15-26(22)17-20-10-5-3-6-11-20/h3-15,19,23-24H,16-18H2,1-2H3/t23-,24+/m1/s1. The van der Waals surface area contributed by atoms with Crippen LogP contribution in [0.4, 0.5) is 0 Å². The lowest BCUT2D eigenvalue weighted by Gasteiger charge is -2.28. The van der Waals surface area contributed by atoms with Crippen LogP contribution in [-0.2, 0) is 17.9 Å². The number of nitrogens with zero attached hydrogens (tertiary/aromatic N) is 2. The van der Waals surface area contributed by atoms with Crippen LogP contribution in [0.25, 0.3) is 0 Å². The van der Waals surface area contributed by atoms with E-state index in [0.717, 1.165) is 13.0 Å². The van der Waals surface area contributed by atoms with Gasteiger partial charge in [-0.2, -0.15) is 0 Å². The number of carbonyl (C=O) groups excluding carboxylic acids is 1. The second-order valence-electron chi connectivity index (χ2n) is 8.03. The van der Waals surface area contributed by atoms with Gasteiger partial charge >= 0.3 is 0 Å². The summed E-state index contributed by atoms with van der Waals surface area (Å²) < 4.78 is 2.25. The number of carbonyl (C=O) groups is 1. The molecular formula is C25H28N2O. The Balaban J connectivity index is 1.47. The van der Waals surface area contributed by atoms with Gasteiger partial charge in [-0.05, 0) is 49.4 Å². The summed E-state index contributed by atoms with van der Waals surface area (Å²) in [6.07, 6.45) is 3.08. The van der Waals surface area contributed by atoms with Crippen LogP contribution in [-0.4, -0.2) is 21.4 Å². The molecule has 0 spiro atoms. The summed E-state index contributed by atoms with van der Waals surface area (Å²) in [5, 5.41) is 0. The first-order chi connectivity index (χ1) is 13.6. The molecule has 1 fully saturated rings. The zero-order chi connectivity index (χ0) is 19.5. The Morgan fingerprint density at radius 2 is 1.68 bits per heavy atom. The van der Waals surface area contributed by atoms with Gasteiger partial charge in [0.25, 0.3) is 0 Å². The fourth-order valence-corrected chi connectivity index (χ4v) is 3.97. The van der Waals surface area contributed by atoms with E-state index < -0.39 is 0 Å². The van der Waals surface area contributed by atoms with Gasteiger partial charge in [0.2, 0.25) is 5.91 Å². The third kappa shape index (κ3) is 4.04. The first kappa shape index (κ1) is 18.5.